The number of rotatable bonds is 5. The number of benzene rings is 1. The van der Waals surface area contributed by atoms with Gasteiger partial charge in [0.25, 0.3) is 0 Å². The molecule has 1 saturated heterocycles. The second kappa shape index (κ2) is 8.00. The zero-order valence-corrected chi connectivity index (χ0v) is 16.5. The van der Waals surface area contributed by atoms with Gasteiger partial charge in [0.15, 0.2) is 0 Å². The number of carbonyl (C=O) groups is 1. The zero-order chi connectivity index (χ0) is 19.4. The number of ether oxygens (including phenoxy) is 1. The SMILES string of the molecule is COc1cccc(N2CCN(CC(=O)Nc3cc(C(C)(C)C)no3)CC2)c1. The van der Waals surface area contributed by atoms with Crippen molar-refractivity contribution in [3.05, 3.63) is 36.0 Å². The van der Waals surface area contributed by atoms with Crippen LogP contribution in [0.3, 0.4) is 0 Å². The predicted molar refractivity (Wildman–Crippen MR) is 105 cm³/mol. The van der Waals surface area contributed by atoms with Crippen LogP contribution in [0.1, 0.15) is 26.5 Å². The van der Waals surface area contributed by atoms with Crippen LogP contribution < -0.4 is 15.0 Å². The summed E-state index contributed by atoms with van der Waals surface area (Å²) < 4.78 is 10.5. The highest BCUT2D eigenvalue weighted by molar-refractivity contribution is 5.91. The number of nitrogens with one attached hydrogen (secondary N) is 1. The van der Waals surface area contributed by atoms with E-state index in [0.29, 0.717) is 12.4 Å². The summed E-state index contributed by atoms with van der Waals surface area (Å²) in [6.45, 7) is 9.91. The van der Waals surface area contributed by atoms with Crippen LogP contribution in [0, 0.1) is 0 Å². The Bertz CT molecular complexity index is 774. The first-order chi connectivity index (χ1) is 12.8. The highest BCUT2D eigenvalue weighted by Gasteiger charge is 2.22. The van der Waals surface area contributed by atoms with Gasteiger partial charge in [0, 0.05) is 49.4 Å². The quantitative estimate of drug-likeness (QED) is 0.870. The van der Waals surface area contributed by atoms with Crippen molar-refractivity contribution in [2.24, 2.45) is 0 Å². The summed E-state index contributed by atoms with van der Waals surface area (Å²) in [6.07, 6.45) is 0. The van der Waals surface area contributed by atoms with Crippen molar-refractivity contribution in [1.29, 1.82) is 0 Å². The van der Waals surface area contributed by atoms with Gasteiger partial charge in [-0.2, -0.15) is 0 Å². The fourth-order valence-electron chi connectivity index (χ4n) is 3.04. The maximum Gasteiger partial charge on any atom is 0.240 e. The van der Waals surface area contributed by atoms with Gasteiger partial charge in [0.2, 0.25) is 11.8 Å². The fourth-order valence-corrected chi connectivity index (χ4v) is 3.04. The fraction of sp³-hybridized carbons (Fsp3) is 0.500. The summed E-state index contributed by atoms with van der Waals surface area (Å²) >= 11 is 0. The molecule has 0 unspecified atom stereocenters. The van der Waals surface area contributed by atoms with Crippen LogP contribution in [0.15, 0.2) is 34.9 Å². The Morgan fingerprint density at radius 3 is 2.59 bits per heavy atom. The van der Waals surface area contributed by atoms with Crippen molar-refractivity contribution in [2.75, 3.05) is 50.1 Å². The molecule has 27 heavy (non-hydrogen) atoms. The first-order valence-electron chi connectivity index (χ1n) is 9.23. The van der Waals surface area contributed by atoms with Crippen LogP contribution in [-0.2, 0) is 10.2 Å². The summed E-state index contributed by atoms with van der Waals surface area (Å²) in [5, 5.41) is 6.82. The van der Waals surface area contributed by atoms with Gasteiger partial charge < -0.3 is 14.2 Å². The molecular weight excluding hydrogens is 344 g/mol. The van der Waals surface area contributed by atoms with Gasteiger partial charge >= 0.3 is 0 Å². The van der Waals surface area contributed by atoms with E-state index in [1.165, 1.54) is 0 Å². The average Bonchev–Trinajstić information content (AvgIpc) is 3.11. The average molecular weight is 372 g/mol. The number of anilines is 2. The zero-order valence-electron chi connectivity index (χ0n) is 16.5. The molecular formula is C20H28N4O3. The maximum absolute atomic E-state index is 12.3. The van der Waals surface area contributed by atoms with Crippen molar-refractivity contribution in [2.45, 2.75) is 26.2 Å². The number of hydrogen-bond acceptors (Lipinski definition) is 6. The van der Waals surface area contributed by atoms with Crippen molar-refractivity contribution in [3.8, 4) is 5.75 Å². The third-order valence-corrected chi connectivity index (χ3v) is 4.70. The lowest BCUT2D eigenvalue weighted by Crippen LogP contribution is -2.48. The van der Waals surface area contributed by atoms with Gasteiger partial charge in [0.05, 0.1) is 19.3 Å². The van der Waals surface area contributed by atoms with E-state index in [9.17, 15) is 4.79 Å². The normalized spacial score (nSPS) is 15.6. The van der Waals surface area contributed by atoms with E-state index >= 15 is 0 Å². The standard InChI is InChI=1S/C20H28N4O3/c1-20(2,3)17-13-19(27-22-17)21-18(25)14-23-8-10-24(11-9-23)15-6-5-7-16(12-15)26-4/h5-7,12-13H,8-11,14H2,1-4H3,(H,21,25). The Morgan fingerprint density at radius 1 is 1.22 bits per heavy atom. The van der Waals surface area contributed by atoms with Crippen LogP contribution >= 0.6 is 0 Å². The third kappa shape index (κ3) is 5.01. The van der Waals surface area contributed by atoms with Crippen LogP contribution in [-0.4, -0.2) is 55.8 Å². The molecule has 1 amide bonds. The number of hydrogen-bond donors (Lipinski definition) is 1. The number of amides is 1. The number of carbonyl (C=O) groups excluding carboxylic acids is 1. The molecule has 1 aliphatic heterocycles. The van der Waals surface area contributed by atoms with Gasteiger partial charge in [-0.3, -0.25) is 15.0 Å². The van der Waals surface area contributed by atoms with Gasteiger partial charge in [-0.25, -0.2) is 0 Å². The molecule has 0 bridgehead atoms. The number of nitrogens with zero attached hydrogens (tertiary/aromatic N) is 3. The Kier molecular flexibility index (Phi) is 5.70. The Balaban J connectivity index is 1.48. The van der Waals surface area contributed by atoms with Gasteiger partial charge in [-0.1, -0.05) is 32.0 Å². The Hall–Kier alpha value is -2.54. The predicted octanol–water partition coefficient (Wildman–Crippen LogP) is 2.74. The number of methoxy groups -OCH3 is 1. The molecule has 1 fully saturated rings. The number of piperazine rings is 1. The summed E-state index contributed by atoms with van der Waals surface area (Å²) in [5.74, 6) is 1.18. The van der Waals surface area contributed by atoms with Crippen LogP contribution in [0.5, 0.6) is 5.75 Å². The third-order valence-electron chi connectivity index (χ3n) is 4.70. The van der Waals surface area contributed by atoms with E-state index in [1.54, 1.807) is 13.2 Å². The molecule has 0 radical (unpaired) electrons. The molecule has 2 aromatic rings. The lowest BCUT2D eigenvalue weighted by atomic mass is 9.92. The lowest BCUT2D eigenvalue weighted by Gasteiger charge is -2.35. The van der Waals surface area contributed by atoms with Crippen LogP contribution in [0.25, 0.3) is 0 Å². The van der Waals surface area contributed by atoms with Crippen LogP contribution in [0.2, 0.25) is 0 Å². The van der Waals surface area contributed by atoms with Crippen LogP contribution in [0.4, 0.5) is 11.6 Å². The minimum absolute atomic E-state index is 0.0820. The summed E-state index contributed by atoms with van der Waals surface area (Å²) in [7, 11) is 1.68. The molecule has 1 aromatic heterocycles. The first kappa shape index (κ1) is 19.2. The molecule has 1 aromatic carbocycles. The molecule has 0 saturated carbocycles. The van der Waals surface area contributed by atoms with Crippen molar-refractivity contribution in [3.63, 3.8) is 0 Å². The highest BCUT2D eigenvalue weighted by Crippen LogP contribution is 2.24. The lowest BCUT2D eigenvalue weighted by molar-refractivity contribution is -0.117. The van der Waals surface area contributed by atoms with Gasteiger partial charge in [-0.05, 0) is 12.1 Å². The molecule has 7 heteroatoms. The molecule has 0 aliphatic carbocycles. The molecule has 3 rings (SSSR count). The number of aromatic nitrogens is 1. The van der Waals surface area contributed by atoms with Crippen molar-refractivity contribution >= 4 is 17.5 Å². The van der Waals surface area contributed by atoms with Crippen molar-refractivity contribution in [1.82, 2.24) is 10.1 Å². The van der Waals surface area contributed by atoms with E-state index in [1.807, 2.05) is 18.2 Å². The van der Waals surface area contributed by atoms with E-state index in [4.69, 9.17) is 9.26 Å². The van der Waals surface area contributed by atoms with Gasteiger partial charge in [-0.15, -0.1) is 0 Å². The van der Waals surface area contributed by atoms with Crippen molar-refractivity contribution < 1.29 is 14.1 Å². The Labute approximate surface area is 160 Å². The molecule has 1 aliphatic rings. The monoisotopic (exact) mass is 372 g/mol. The first-order valence-corrected chi connectivity index (χ1v) is 9.23. The van der Waals surface area contributed by atoms with E-state index in [0.717, 1.165) is 43.3 Å². The maximum atomic E-state index is 12.3. The van der Waals surface area contributed by atoms with E-state index in [-0.39, 0.29) is 11.3 Å². The molecule has 0 spiro atoms. The smallest absolute Gasteiger partial charge is 0.240 e. The largest absolute Gasteiger partial charge is 0.497 e. The summed E-state index contributed by atoms with van der Waals surface area (Å²) in [6, 6.07) is 9.86. The van der Waals surface area contributed by atoms with Gasteiger partial charge in [0.1, 0.15) is 5.75 Å². The molecule has 2 heterocycles. The molecule has 146 valence electrons. The highest BCUT2D eigenvalue weighted by atomic mass is 16.5. The second-order valence-corrected chi connectivity index (χ2v) is 7.84. The van der Waals surface area contributed by atoms with E-state index in [2.05, 4.69) is 47.1 Å². The minimum Gasteiger partial charge on any atom is -0.497 e. The van der Waals surface area contributed by atoms with E-state index < -0.39 is 0 Å². The topological polar surface area (TPSA) is 70.8 Å². The molecule has 7 nitrogen and oxygen atoms in total. The molecule has 1 N–H and O–H groups in total. The summed E-state index contributed by atoms with van der Waals surface area (Å²) in [4.78, 5) is 16.8. The summed E-state index contributed by atoms with van der Waals surface area (Å²) in [5.41, 5.74) is 1.86. The second-order valence-electron chi connectivity index (χ2n) is 7.84. The Morgan fingerprint density at radius 2 is 1.96 bits per heavy atom. The minimum atomic E-state index is -0.108. The molecule has 0 atom stereocenters.